The maximum atomic E-state index is 13.8. The Morgan fingerprint density at radius 2 is 2.12 bits per heavy atom. The molecule has 0 spiro atoms. The molecule has 2 aliphatic rings. The summed E-state index contributed by atoms with van der Waals surface area (Å²) in [6, 6.07) is 4.61. The first-order valence-electron chi connectivity index (χ1n) is 9.85. The van der Waals surface area contributed by atoms with Crippen molar-refractivity contribution in [1.82, 2.24) is 19.7 Å². The van der Waals surface area contributed by atoms with Crippen LogP contribution in [0.5, 0.6) is 0 Å². The van der Waals surface area contributed by atoms with Crippen LogP contribution in [0.4, 0.5) is 13.2 Å². The molecule has 12 heteroatoms. The molecule has 33 heavy (non-hydrogen) atoms. The molecule has 0 saturated carbocycles. The normalized spacial score (nSPS) is 22.8. The van der Waals surface area contributed by atoms with E-state index in [1.807, 2.05) is 0 Å². The molecule has 2 aromatic heterocycles. The zero-order chi connectivity index (χ0) is 23.3. The Hall–Kier alpha value is -2.40. The van der Waals surface area contributed by atoms with Crippen LogP contribution in [-0.2, 0) is 0 Å². The third kappa shape index (κ3) is 3.95. The molecule has 0 aliphatic carbocycles. The van der Waals surface area contributed by atoms with Gasteiger partial charge in [0.1, 0.15) is 17.5 Å². The van der Waals surface area contributed by atoms with Gasteiger partial charge in [-0.15, -0.1) is 22.9 Å². The summed E-state index contributed by atoms with van der Waals surface area (Å²) in [4.78, 5) is 11.0. The van der Waals surface area contributed by atoms with Gasteiger partial charge in [0.25, 0.3) is 0 Å². The van der Waals surface area contributed by atoms with Gasteiger partial charge < -0.3 is 10.0 Å². The van der Waals surface area contributed by atoms with Gasteiger partial charge in [0.15, 0.2) is 10.8 Å². The number of aliphatic imine (C=N–C) groups is 1. The summed E-state index contributed by atoms with van der Waals surface area (Å²) in [6.07, 6.45) is 2.95. The molecule has 0 bridgehead atoms. The average molecular weight is 514 g/mol. The molecule has 1 aromatic carbocycles. The summed E-state index contributed by atoms with van der Waals surface area (Å²) in [5, 5.41) is 17.6. The van der Waals surface area contributed by atoms with E-state index in [1.54, 1.807) is 16.5 Å². The van der Waals surface area contributed by atoms with Crippen LogP contribution in [-0.4, -0.2) is 48.6 Å². The molecule has 1 saturated heterocycles. The SMILES string of the molecule is O[C@]1(CCl)CC2=C(c3ccn(C(F)F)n3)[C@H](c3ccc(F)cc3Cl)N=C(c3nccs3)N2C1. The van der Waals surface area contributed by atoms with Crippen LogP contribution < -0.4 is 0 Å². The maximum absolute atomic E-state index is 13.8. The number of aliphatic hydroxyl groups is 1. The molecule has 2 atom stereocenters. The van der Waals surface area contributed by atoms with Crippen molar-refractivity contribution < 1.29 is 18.3 Å². The van der Waals surface area contributed by atoms with Crippen LogP contribution in [0.3, 0.4) is 0 Å². The van der Waals surface area contributed by atoms with Crippen molar-refractivity contribution in [2.75, 3.05) is 12.4 Å². The van der Waals surface area contributed by atoms with Crippen LogP contribution >= 0.6 is 34.5 Å². The summed E-state index contributed by atoms with van der Waals surface area (Å²) >= 11 is 13.8. The Morgan fingerprint density at radius 1 is 1.30 bits per heavy atom. The largest absolute Gasteiger partial charge is 0.386 e. The van der Waals surface area contributed by atoms with E-state index in [2.05, 4.69) is 10.1 Å². The quantitative estimate of drug-likeness (QED) is 0.481. The lowest BCUT2D eigenvalue weighted by Crippen LogP contribution is -2.38. The molecule has 0 radical (unpaired) electrons. The van der Waals surface area contributed by atoms with Gasteiger partial charge in [0.2, 0.25) is 0 Å². The summed E-state index contributed by atoms with van der Waals surface area (Å²) in [6.45, 7) is -2.68. The zero-order valence-corrected chi connectivity index (χ0v) is 19.1. The summed E-state index contributed by atoms with van der Waals surface area (Å²) in [5.41, 5.74) is 0.573. The second kappa shape index (κ2) is 8.43. The number of hydrogen-bond acceptors (Lipinski definition) is 6. The fourth-order valence-electron chi connectivity index (χ4n) is 4.13. The highest BCUT2D eigenvalue weighted by atomic mass is 35.5. The Labute approximate surface area is 200 Å². The minimum absolute atomic E-state index is 0.0428. The van der Waals surface area contributed by atoms with Gasteiger partial charge in [-0.1, -0.05) is 17.7 Å². The summed E-state index contributed by atoms with van der Waals surface area (Å²) in [7, 11) is 0. The van der Waals surface area contributed by atoms with E-state index in [-0.39, 0.29) is 29.6 Å². The molecule has 1 N–H and O–H groups in total. The number of rotatable bonds is 5. The lowest BCUT2D eigenvalue weighted by molar-refractivity contribution is 0.0564. The highest BCUT2D eigenvalue weighted by molar-refractivity contribution is 7.11. The van der Waals surface area contributed by atoms with Crippen LogP contribution in [0.25, 0.3) is 5.57 Å². The number of benzene rings is 1. The monoisotopic (exact) mass is 513 g/mol. The predicted octanol–water partition coefficient (Wildman–Crippen LogP) is 5.12. The van der Waals surface area contributed by atoms with E-state index in [0.29, 0.717) is 32.4 Å². The molecular weight excluding hydrogens is 498 g/mol. The number of halogens is 5. The van der Waals surface area contributed by atoms with E-state index < -0.39 is 24.0 Å². The van der Waals surface area contributed by atoms with Crippen molar-refractivity contribution >= 4 is 45.9 Å². The predicted molar refractivity (Wildman–Crippen MR) is 120 cm³/mol. The average Bonchev–Trinajstić information content (AvgIpc) is 3.52. The van der Waals surface area contributed by atoms with Crippen molar-refractivity contribution in [3.05, 3.63) is 74.8 Å². The second-order valence-corrected chi connectivity index (χ2v) is 9.37. The van der Waals surface area contributed by atoms with E-state index >= 15 is 0 Å². The number of thiazole rings is 1. The number of amidine groups is 1. The fraction of sp³-hybridized carbons (Fsp3) is 0.286. The topological polar surface area (TPSA) is 66.5 Å². The standard InChI is InChI=1S/C21H16Cl2F3N5OS/c22-9-21(32)8-15-16(14-3-5-31(29-14)20(25)26)17(12-2-1-11(24)7-13(12)23)28-18(30(15)10-21)19-27-4-6-33-19/h1-7,17,20,32H,8-10H2/t17-,21-/m0/s1. The van der Waals surface area contributed by atoms with Gasteiger partial charge in [-0.25, -0.2) is 14.1 Å². The minimum Gasteiger partial charge on any atom is -0.386 e. The van der Waals surface area contributed by atoms with Gasteiger partial charge >= 0.3 is 6.55 Å². The van der Waals surface area contributed by atoms with Gasteiger partial charge in [0.05, 0.1) is 18.1 Å². The molecule has 172 valence electrons. The molecular formula is C21H16Cl2F3N5OS. The fourth-order valence-corrected chi connectivity index (χ4v) is 5.22. The van der Waals surface area contributed by atoms with Gasteiger partial charge in [0, 0.05) is 46.1 Å². The Morgan fingerprint density at radius 3 is 2.76 bits per heavy atom. The van der Waals surface area contributed by atoms with Crippen molar-refractivity contribution in [1.29, 1.82) is 0 Å². The number of aromatic nitrogens is 3. The lowest BCUT2D eigenvalue weighted by Gasteiger charge is -2.32. The van der Waals surface area contributed by atoms with Gasteiger partial charge in [-0.3, -0.25) is 4.99 Å². The van der Waals surface area contributed by atoms with E-state index in [1.165, 1.54) is 41.8 Å². The van der Waals surface area contributed by atoms with E-state index in [0.717, 1.165) is 0 Å². The number of fused-ring (bicyclic) bond motifs is 1. The molecule has 0 amide bonds. The van der Waals surface area contributed by atoms with E-state index in [4.69, 9.17) is 28.2 Å². The third-order valence-corrected chi connectivity index (χ3v) is 7.17. The maximum Gasteiger partial charge on any atom is 0.333 e. The molecule has 1 fully saturated rings. The molecule has 4 heterocycles. The Bertz CT molecular complexity index is 1260. The number of alkyl halides is 3. The summed E-state index contributed by atoms with van der Waals surface area (Å²) < 4.78 is 40.9. The first-order chi connectivity index (χ1) is 15.8. The first-order valence-corrected chi connectivity index (χ1v) is 11.6. The van der Waals surface area contributed by atoms with Crippen LogP contribution in [0.1, 0.15) is 35.3 Å². The smallest absolute Gasteiger partial charge is 0.333 e. The van der Waals surface area contributed by atoms with Crippen LogP contribution in [0, 0.1) is 5.82 Å². The number of hydrogen-bond donors (Lipinski definition) is 1. The van der Waals surface area contributed by atoms with Crippen LogP contribution in [0.15, 0.2) is 52.7 Å². The van der Waals surface area contributed by atoms with Crippen molar-refractivity contribution in [3.8, 4) is 0 Å². The first kappa shape index (κ1) is 22.4. The van der Waals surface area contributed by atoms with Crippen LogP contribution in [0.2, 0.25) is 5.02 Å². The lowest BCUT2D eigenvalue weighted by atomic mass is 9.91. The van der Waals surface area contributed by atoms with Crippen molar-refractivity contribution in [3.63, 3.8) is 0 Å². The van der Waals surface area contributed by atoms with Gasteiger partial charge in [-0.05, 0) is 18.2 Å². The molecule has 3 aromatic rings. The summed E-state index contributed by atoms with van der Waals surface area (Å²) in [5.74, 6) is -0.0684. The molecule has 5 rings (SSSR count). The highest BCUT2D eigenvalue weighted by Gasteiger charge is 2.46. The van der Waals surface area contributed by atoms with E-state index in [9.17, 15) is 18.3 Å². The molecule has 2 aliphatic heterocycles. The zero-order valence-electron chi connectivity index (χ0n) is 16.8. The molecule has 6 nitrogen and oxygen atoms in total. The Kier molecular flexibility index (Phi) is 5.72. The minimum atomic E-state index is -2.82. The third-order valence-electron chi connectivity index (χ3n) is 5.58. The Balaban J connectivity index is 1.76. The second-order valence-electron chi connectivity index (χ2n) is 7.80. The van der Waals surface area contributed by atoms with Crippen molar-refractivity contribution in [2.45, 2.75) is 24.6 Å². The highest BCUT2D eigenvalue weighted by Crippen LogP contribution is 2.48. The number of nitrogens with zero attached hydrogens (tertiary/aromatic N) is 5. The van der Waals surface area contributed by atoms with Gasteiger partial charge in [-0.2, -0.15) is 13.9 Å². The van der Waals surface area contributed by atoms with Crippen molar-refractivity contribution in [2.24, 2.45) is 4.99 Å². The molecule has 0 unspecified atom stereocenters.